The minimum Gasteiger partial charge on any atom is -0.496 e. The predicted octanol–water partition coefficient (Wildman–Crippen LogP) is 2.38. The van der Waals surface area contributed by atoms with Gasteiger partial charge in [-0.25, -0.2) is 0 Å². The maximum absolute atomic E-state index is 12.2. The van der Waals surface area contributed by atoms with Gasteiger partial charge in [0.05, 0.1) is 13.5 Å². The maximum atomic E-state index is 12.2. The Hall–Kier alpha value is -2.04. The van der Waals surface area contributed by atoms with Crippen LogP contribution in [0.2, 0.25) is 0 Å². The lowest BCUT2D eigenvalue weighted by Gasteiger charge is -2.40. The maximum Gasteiger partial charge on any atom is 0.303 e. The third-order valence-electron chi connectivity index (χ3n) is 4.23. The fourth-order valence-corrected chi connectivity index (χ4v) is 2.74. The van der Waals surface area contributed by atoms with Crippen LogP contribution in [0.3, 0.4) is 0 Å². The average molecular weight is 291 g/mol. The van der Waals surface area contributed by atoms with Crippen molar-refractivity contribution in [2.75, 3.05) is 13.7 Å². The number of carbonyl (C=O) groups is 2. The molecule has 0 heterocycles. The molecule has 0 radical (unpaired) electrons. The van der Waals surface area contributed by atoms with Crippen molar-refractivity contribution in [3.05, 3.63) is 29.3 Å². The van der Waals surface area contributed by atoms with Gasteiger partial charge < -0.3 is 15.2 Å². The summed E-state index contributed by atoms with van der Waals surface area (Å²) < 4.78 is 5.21. The molecule has 1 fully saturated rings. The van der Waals surface area contributed by atoms with Crippen molar-refractivity contribution in [2.24, 2.45) is 5.41 Å². The molecule has 2 N–H and O–H groups in total. The van der Waals surface area contributed by atoms with Crippen LogP contribution in [0, 0.1) is 12.3 Å². The monoisotopic (exact) mass is 291 g/mol. The van der Waals surface area contributed by atoms with E-state index >= 15 is 0 Å². The lowest BCUT2D eigenvalue weighted by molar-refractivity contribution is -0.141. The number of hydrogen-bond acceptors (Lipinski definition) is 3. The summed E-state index contributed by atoms with van der Waals surface area (Å²) in [7, 11) is 1.57. The van der Waals surface area contributed by atoms with E-state index in [2.05, 4.69) is 5.32 Å². The third kappa shape index (κ3) is 3.54. The van der Waals surface area contributed by atoms with Crippen LogP contribution in [0.4, 0.5) is 0 Å². The number of aliphatic carboxylic acids is 1. The van der Waals surface area contributed by atoms with Crippen molar-refractivity contribution in [1.29, 1.82) is 0 Å². The van der Waals surface area contributed by atoms with Crippen molar-refractivity contribution in [2.45, 2.75) is 32.6 Å². The Balaban J connectivity index is 2.00. The highest BCUT2D eigenvalue weighted by molar-refractivity contribution is 5.94. The van der Waals surface area contributed by atoms with E-state index in [4.69, 9.17) is 9.84 Å². The summed E-state index contributed by atoms with van der Waals surface area (Å²) >= 11 is 0. The quantitative estimate of drug-likeness (QED) is 0.843. The number of carboxylic acids is 1. The molecular formula is C16H21NO4. The van der Waals surface area contributed by atoms with Gasteiger partial charge in [-0.05, 0) is 42.9 Å². The molecule has 0 saturated heterocycles. The molecule has 0 unspecified atom stereocenters. The highest BCUT2D eigenvalue weighted by Crippen LogP contribution is 2.43. The molecule has 0 atom stereocenters. The van der Waals surface area contributed by atoms with E-state index in [1.54, 1.807) is 19.2 Å². The molecule has 5 nitrogen and oxygen atoms in total. The predicted molar refractivity (Wildman–Crippen MR) is 78.6 cm³/mol. The van der Waals surface area contributed by atoms with Crippen LogP contribution < -0.4 is 10.1 Å². The SMILES string of the molecule is COc1cc(C(=O)NCC2(CC(=O)O)CCC2)ccc1C. The molecule has 0 aromatic heterocycles. The standard InChI is InChI=1S/C16H21NO4/c1-11-4-5-12(8-13(11)21-2)15(20)17-10-16(6-3-7-16)9-14(18)19/h4-5,8H,3,6-7,9-10H2,1-2H3,(H,17,20)(H,18,19). The van der Waals surface area contributed by atoms with Crippen molar-refractivity contribution in [3.8, 4) is 5.75 Å². The molecule has 2 rings (SSSR count). The van der Waals surface area contributed by atoms with Gasteiger partial charge in [-0.2, -0.15) is 0 Å². The normalized spacial score (nSPS) is 15.9. The molecule has 0 aliphatic heterocycles. The Bertz CT molecular complexity index is 549. The van der Waals surface area contributed by atoms with Crippen LogP contribution in [0.15, 0.2) is 18.2 Å². The largest absolute Gasteiger partial charge is 0.496 e. The molecule has 0 bridgehead atoms. The fraction of sp³-hybridized carbons (Fsp3) is 0.500. The second kappa shape index (κ2) is 6.16. The summed E-state index contributed by atoms with van der Waals surface area (Å²) in [5, 5.41) is 11.8. The van der Waals surface area contributed by atoms with Gasteiger partial charge >= 0.3 is 5.97 Å². The van der Waals surface area contributed by atoms with Gasteiger partial charge in [-0.1, -0.05) is 12.5 Å². The first kappa shape index (κ1) is 15.4. The zero-order chi connectivity index (χ0) is 15.5. The number of hydrogen-bond donors (Lipinski definition) is 2. The van der Waals surface area contributed by atoms with E-state index in [-0.39, 0.29) is 17.7 Å². The van der Waals surface area contributed by atoms with Gasteiger partial charge in [-0.3, -0.25) is 9.59 Å². The number of benzene rings is 1. The lowest BCUT2D eigenvalue weighted by atomic mass is 9.66. The second-order valence-electron chi connectivity index (χ2n) is 5.79. The molecule has 114 valence electrons. The van der Waals surface area contributed by atoms with Crippen molar-refractivity contribution < 1.29 is 19.4 Å². The van der Waals surface area contributed by atoms with E-state index in [1.807, 2.05) is 13.0 Å². The molecule has 1 aliphatic rings. The number of rotatable bonds is 6. The van der Waals surface area contributed by atoms with E-state index in [0.29, 0.717) is 17.9 Å². The van der Waals surface area contributed by atoms with Gasteiger partial charge in [0.25, 0.3) is 5.91 Å². The first-order valence-electron chi connectivity index (χ1n) is 7.10. The molecule has 1 aliphatic carbocycles. The van der Waals surface area contributed by atoms with Crippen molar-refractivity contribution in [1.82, 2.24) is 5.32 Å². The van der Waals surface area contributed by atoms with Crippen LogP contribution in [0.25, 0.3) is 0 Å². The van der Waals surface area contributed by atoms with Crippen molar-refractivity contribution in [3.63, 3.8) is 0 Å². The fourth-order valence-electron chi connectivity index (χ4n) is 2.74. The summed E-state index contributed by atoms with van der Waals surface area (Å²) in [4.78, 5) is 23.1. The Labute approximate surface area is 124 Å². The molecule has 1 aromatic carbocycles. The molecule has 1 aromatic rings. The van der Waals surface area contributed by atoms with Gasteiger partial charge in [0.2, 0.25) is 0 Å². The first-order chi connectivity index (χ1) is 9.96. The highest BCUT2D eigenvalue weighted by Gasteiger charge is 2.39. The van der Waals surface area contributed by atoms with Crippen molar-refractivity contribution >= 4 is 11.9 Å². The second-order valence-corrected chi connectivity index (χ2v) is 5.79. The van der Waals surface area contributed by atoms with Crippen LogP contribution in [0.1, 0.15) is 41.6 Å². The summed E-state index contributed by atoms with van der Waals surface area (Å²) in [6, 6.07) is 5.29. The Morgan fingerprint density at radius 3 is 2.62 bits per heavy atom. The molecule has 21 heavy (non-hydrogen) atoms. The number of amides is 1. The summed E-state index contributed by atoms with van der Waals surface area (Å²) in [5.74, 6) is -0.322. The zero-order valence-corrected chi connectivity index (χ0v) is 12.4. The number of methoxy groups -OCH3 is 1. The first-order valence-corrected chi connectivity index (χ1v) is 7.10. The van der Waals surface area contributed by atoms with Crippen LogP contribution >= 0.6 is 0 Å². The lowest BCUT2D eigenvalue weighted by Crippen LogP contribution is -2.43. The Kier molecular flexibility index (Phi) is 4.50. The number of carbonyl (C=O) groups excluding carboxylic acids is 1. The number of carboxylic acid groups (broad SMARTS) is 1. The Morgan fingerprint density at radius 2 is 2.10 bits per heavy atom. The molecule has 1 saturated carbocycles. The van der Waals surface area contributed by atoms with E-state index in [0.717, 1.165) is 24.8 Å². The molecule has 1 amide bonds. The van der Waals surface area contributed by atoms with Crippen LogP contribution in [0.5, 0.6) is 5.75 Å². The summed E-state index contributed by atoms with van der Waals surface area (Å²) in [5.41, 5.74) is 1.23. The minimum atomic E-state index is -0.805. The summed E-state index contributed by atoms with van der Waals surface area (Å²) in [6.07, 6.45) is 2.86. The van der Waals surface area contributed by atoms with Crippen LogP contribution in [-0.4, -0.2) is 30.6 Å². The Morgan fingerprint density at radius 1 is 1.38 bits per heavy atom. The third-order valence-corrected chi connectivity index (χ3v) is 4.23. The van der Waals surface area contributed by atoms with E-state index in [9.17, 15) is 9.59 Å². The topological polar surface area (TPSA) is 75.6 Å². The summed E-state index contributed by atoms with van der Waals surface area (Å²) in [6.45, 7) is 2.32. The van der Waals surface area contributed by atoms with Gasteiger partial charge in [0, 0.05) is 12.1 Å². The van der Waals surface area contributed by atoms with Gasteiger partial charge in [0.15, 0.2) is 0 Å². The van der Waals surface area contributed by atoms with E-state index in [1.165, 1.54) is 0 Å². The number of nitrogens with one attached hydrogen (secondary N) is 1. The average Bonchev–Trinajstić information content (AvgIpc) is 2.41. The molecular weight excluding hydrogens is 270 g/mol. The molecule has 5 heteroatoms. The van der Waals surface area contributed by atoms with E-state index < -0.39 is 5.97 Å². The number of aryl methyl sites for hydroxylation is 1. The molecule has 0 spiro atoms. The smallest absolute Gasteiger partial charge is 0.303 e. The van der Waals surface area contributed by atoms with Crippen LogP contribution in [-0.2, 0) is 4.79 Å². The number of ether oxygens (including phenoxy) is 1. The van der Waals surface area contributed by atoms with Gasteiger partial charge in [-0.15, -0.1) is 0 Å². The zero-order valence-electron chi connectivity index (χ0n) is 12.4. The highest BCUT2D eigenvalue weighted by atomic mass is 16.5. The van der Waals surface area contributed by atoms with Gasteiger partial charge in [0.1, 0.15) is 5.75 Å². The minimum absolute atomic E-state index is 0.116.